The minimum Gasteiger partial charge on any atom is -0.361 e. The molecule has 26 heavy (non-hydrogen) atoms. The van der Waals surface area contributed by atoms with E-state index >= 15 is 0 Å². The van der Waals surface area contributed by atoms with Gasteiger partial charge in [-0.05, 0) is 30.9 Å². The number of hydrogen-bond acceptors (Lipinski definition) is 4. The molecule has 0 bridgehead atoms. The van der Waals surface area contributed by atoms with E-state index in [0.29, 0.717) is 13.1 Å². The maximum atomic E-state index is 12.6. The summed E-state index contributed by atoms with van der Waals surface area (Å²) >= 11 is 0. The summed E-state index contributed by atoms with van der Waals surface area (Å²) in [6, 6.07) is 8.25. The van der Waals surface area contributed by atoms with Crippen LogP contribution in [0.15, 0.2) is 49.1 Å². The number of H-pyrrole nitrogens is 1. The lowest BCUT2D eigenvalue weighted by atomic mass is 9.97. The molecule has 2 aromatic heterocycles. The van der Waals surface area contributed by atoms with Gasteiger partial charge >= 0.3 is 0 Å². The van der Waals surface area contributed by atoms with Crippen LogP contribution in [0.2, 0.25) is 0 Å². The maximum absolute atomic E-state index is 12.6. The van der Waals surface area contributed by atoms with Crippen molar-refractivity contribution in [1.82, 2.24) is 20.3 Å². The average molecular weight is 349 g/mol. The Morgan fingerprint density at radius 2 is 2.23 bits per heavy atom. The van der Waals surface area contributed by atoms with Crippen molar-refractivity contribution < 1.29 is 4.79 Å². The monoisotopic (exact) mass is 349 g/mol. The highest BCUT2D eigenvalue weighted by Crippen LogP contribution is 2.21. The zero-order valence-corrected chi connectivity index (χ0v) is 14.7. The molecular formula is C20H23N5O. The van der Waals surface area contributed by atoms with E-state index in [1.807, 2.05) is 18.3 Å². The van der Waals surface area contributed by atoms with Crippen molar-refractivity contribution in [2.45, 2.75) is 19.3 Å². The molecule has 1 aromatic carbocycles. The van der Waals surface area contributed by atoms with Gasteiger partial charge in [0, 0.05) is 49.1 Å². The first kappa shape index (κ1) is 16.6. The Morgan fingerprint density at radius 3 is 3.12 bits per heavy atom. The lowest BCUT2D eigenvalue weighted by molar-refractivity contribution is -0.125. The highest BCUT2D eigenvalue weighted by Gasteiger charge is 2.26. The fraction of sp³-hybridized carbons (Fsp3) is 0.350. The van der Waals surface area contributed by atoms with Crippen LogP contribution in [-0.2, 0) is 11.2 Å². The Labute approximate surface area is 152 Å². The number of aromatic nitrogens is 3. The second-order valence-electron chi connectivity index (χ2n) is 6.75. The zero-order valence-electron chi connectivity index (χ0n) is 14.7. The maximum Gasteiger partial charge on any atom is 0.224 e. The van der Waals surface area contributed by atoms with Gasteiger partial charge in [-0.1, -0.05) is 18.2 Å². The van der Waals surface area contributed by atoms with Crippen molar-refractivity contribution in [3.63, 3.8) is 0 Å². The van der Waals surface area contributed by atoms with Gasteiger partial charge < -0.3 is 15.2 Å². The van der Waals surface area contributed by atoms with Crippen molar-refractivity contribution in [2.24, 2.45) is 5.92 Å². The smallest absolute Gasteiger partial charge is 0.224 e. The lowest BCUT2D eigenvalue weighted by Gasteiger charge is -2.32. The number of benzene rings is 1. The molecule has 1 amide bonds. The van der Waals surface area contributed by atoms with Crippen molar-refractivity contribution in [1.29, 1.82) is 0 Å². The minimum absolute atomic E-state index is 0.00808. The largest absolute Gasteiger partial charge is 0.361 e. The van der Waals surface area contributed by atoms with Gasteiger partial charge in [-0.2, -0.15) is 0 Å². The number of carbonyl (C=O) groups excluding carboxylic acids is 1. The number of aromatic amines is 1. The van der Waals surface area contributed by atoms with Gasteiger partial charge in [-0.3, -0.25) is 9.78 Å². The Hall–Kier alpha value is -2.89. The molecule has 4 rings (SSSR count). The van der Waals surface area contributed by atoms with Gasteiger partial charge in [0.05, 0.1) is 12.1 Å². The van der Waals surface area contributed by atoms with Gasteiger partial charge in [0.25, 0.3) is 0 Å². The summed E-state index contributed by atoms with van der Waals surface area (Å²) in [5.74, 6) is 0.996. The first-order valence-corrected chi connectivity index (χ1v) is 9.15. The van der Waals surface area contributed by atoms with E-state index in [4.69, 9.17) is 0 Å². The number of fused-ring (bicyclic) bond motifs is 1. The summed E-state index contributed by atoms with van der Waals surface area (Å²) in [5, 5.41) is 4.34. The molecule has 6 heteroatoms. The molecule has 3 heterocycles. The number of hydrogen-bond donors (Lipinski definition) is 2. The van der Waals surface area contributed by atoms with Crippen LogP contribution >= 0.6 is 0 Å². The van der Waals surface area contributed by atoms with E-state index in [2.05, 4.69) is 37.3 Å². The second-order valence-corrected chi connectivity index (χ2v) is 6.75. The van der Waals surface area contributed by atoms with Crippen LogP contribution in [0.5, 0.6) is 0 Å². The van der Waals surface area contributed by atoms with Crippen LogP contribution in [0.1, 0.15) is 18.4 Å². The Morgan fingerprint density at radius 1 is 1.31 bits per heavy atom. The van der Waals surface area contributed by atoms with E-state index in [1.54, 1.807) is 18.6 Å². The van der Waals surface area contributed by atoms with Gasteiger partial charge in [-0.25, -0.2) is 4.98 Å². The summed E-state index contributed by atoms with van der Waals surface area (Å²) in [6.45, 7) is 2.29. The fourth-order valence-corrected chi connectivity index (χ4v) is 3.66. The van der Waals surface area contributed by atoms with Gasteiger partial charge in [0.15, 0.2) is 0 Å². The van der Waals surface area contributed by atoms with Crippen molar-refractivity contribution in [3.05, 3.63) is 54.6 Å². The molecule has 134 valence electrons. The van der Waals surface area contributed by atoms with Crippen molar-refractivity contribution in [3.8, 4) is 0 Å². The van der Waals surface area contributed by atoms with Crippen LogP contribution in [0.3, 0.4) is 0 Å². The molecule has 6 nitrogen and oxygen atoms in total. The second kappa shape index (κ2) is 7.56. The molecule has 3 aromatic rings. The molecule has 0 unspecified atom stereocenters. The molecule has 1 fully saturated rings. The number of para-hydroxylation sites is 1. The van der Waals surface area contributed by atoms with E-state index in [1.165, 1.54) is 10.9 Å². The minimum atomic E-state index is 0.00808. The number of nitrogens with zero attached hydrogens (tertiary/aromatic N) is 3. The van der Waals surface area contributed by atoms with Crippen LogP contribution in [0.4, 0.5) is 5.82 Å². The van der Waals surface area contributed by atoms with Crippen LogP contribution in [-0.4, -0.2) is 40.5 Å². The third-order valence-electron chi connectivity index (χ3n) is 5.03. The summed E-state index contributed by atoms with van der Waals surface area (Å²) in [7, 11) is 0. The predicted molar refractivity (Wildman–Crippen MR) is 102 cm³/mol. The molecular weight excluding hydrogens is 326 g/mol. The third kappa shape index (κ3) is 3.54. The third-order valence-corrected chi connectivity index (χ3v) is 5.03. The molecule has 1 atom stereocenters. The van der Waals surface area contributed by atoms with E-state index in [9.17, 15) is 4.79 Å². The number of nitrogens with one attached hydrogen (secondary N) is 2. The van der Waals surface area contributed by atoms with Gasteiger partial charge in [0.1, 0.15) is 5.82 Å². The Bertz CT molecular complexity index is 876. The predicted octanol–water partition coefficient (Wildman–Crippen LogP) is 2.53. The standard InChI is InChI=1S/C20H23N5O/c26-20(16-4-3-11-25(14-16)19-13-21-9-10-22-19)23-8-7-15-12-24-18-6-2-1-5-17(15)18/h1-2,5-6,9-10,12-13,16,24H,3-4,7-8,11,14H2,(H,23,26)/t16-/m0/s1. The van der Waals surface area contributed by atoms with E-state index in [0.717, 1.165) is 37.1 Å². The van der Waals surface area contributed by atoms with Crippen LogP contribution < -0.4 is 10.2 Å². The summed E-state index contributed by atoms with van der Waals surface area (Å²) in [6.07, 6.45) is 9.91. The Kier molecular flexibility index (Phi) is 4.82. The van der Waals surface area contributed by atoms with Crippen LogP contribution in [0.25, 0.3) is 10.9 Å². The normalized spacial score (nSPS) is 17.4. The average Bonchev–Trinajstić information content (AvgIpc) is 3.12. The highest BCUT2D eigenvalue weighted by molar-refractivity contribution is 5.83. The molecule has 0 spiro atoms. The summed E-state index contributed by atoms with van der Waals surface area (Å²) in [5.41, 5.74) is 2.38. The lowest BCUT2D eigenvalue weighted by Crippen LogP contribution is -2.43. The molecule has 1 saturated heterocycles. The number of anilines is 1. The molecule has 2 N–H and O–H groups in total. The van der Waals surface area contributed by atoms with Crippen molar-refractivity contribution >= 4 is 22.6 Å². The van der Waals surface area contributed by atoms with Gasteiger partial charge in [0.2, 0.25) is 5.91 Å². The summed E-state index contributed by atoms with van der Waals surface area (Å²) in [4.78, 5) is 26.5. The quantitative estimate of drug-likeness (QED) is 0.742. The first-order chi connectivity index (χ1) is 12.8. The molecule has 0 radical (unpaired) electrons. The SMILES string of the molecule is O=C(NCCc1c[nH]c2ccccc12)[C@H]1CCCN(c2cnccn2)C1. The van der Waals surface area contributed by atoms with E-state index in [-0.39, 0.29) is 11.8 Å². The highest BCUT2D eigenvalue weighted by atomic mass is 16.1. The molecule has 0 saturated carbocycles. The van der Waals surface area contributed by atoms with E-state index < -0.39 is 0 Å². The number of rotatable bonds is 5. The topological polar surface area (TPSA) is 73.9 Å². The molecule has 1 aliphatic rings. The first-order valence-electron chi connectivity index (χ1n) is 9.15. The number of carbonyl (C=O) groups is 1. The van der Waals surface area contributed by atoms with Crippen LogP contribution in [0, 0.1) is 5.92 Å². The molecule has 1 aliphatic heterocycles. The van der Waals surface area contributed by atoms with Gasteiger partial charge in [-0.15, -0.1) is 0 Å². The summed E-state index contributed by atoms with van der Waals surface area (Å²) < 4.78 is 0. The Balaban J connectivity index is 1.32. The zero-order chi connectivity index (χ0) is 17.8. The number of amides is 1. The molecule has 0 aliphatic carbocycles. The number of piperidine rings is 1. The van der Waals surface area contributed by atoms with Crippen molar-refractivity contribution in [2.75, 3.05) is 24.5 Å². The fourth-order valence-electron chi connectivity index (χ4n) is 3.66.